The van der Waals surface area contributed by atoms with Crippen molar-refractivity contribution in [2.45, 2.75) is 0 Å². The molecule has 3 amide bonds. The van der Waals surface area contributed by atoms with Crippen molar-refractivity contribution in [2.24, 2.45) is 0 Å². The molecule has 7 heteroatoms. The third-order valence-corrected chi connectivity index (χ3v) is 4.81. The summed E-state index contributed by atoms with van der Waals surface area (Å²) >= 11 is 5.99. The molecule has 1 aliphatic heterocycles. The number of hydrogen-bond acceptors (Lipinski definition) is 4. The summed E-state index contributed by atoms with van der Waals surface area (Å²) < 4.78 is 5.23. The lowest BCUT2D eigenvalue weighted by atomic mass is 10.1. The van der Waals surface area contributed by atoms with Gasteiger partial charge in [-0.05, 0) is 48.5 Å². The number of nitrogens with zero attached hydrogens (tertiary/aromatic N) is 1. The lowest BCUT2D eigenvalue weighted by Crippen LogP contribution is -2.29. The molecule has 6 nitrogen and oxygen atoms in total. The number of hydrogen-bond donors (Lipinski definition) is 1. The Balaban J connectivity index is 1.64. The van der Waals surface area contributed by atoms with E-state index in [4.69, 9.17) is 16.3 Å². The molecule has 4 rings (SSSR count). The molecule has 0 radical (unpaired) electrons. The first-order valence-corrected chi connectivity index (χ1v) is 9.10. The van der Waals surface area contributed by atoms with Gasteiger partial charge in [0.1, 0.15) is 5.75 Å². The van der Waals surface area contributed by atoms with Crippen LogP contribution in [0.25, 0.3) is 0 Å². The van der Waals surface area contributed by atoms with Gasteiger partial charge in [0.25, 0.3) is 17.7 Å². The van der Waals surface area contributed by atoms with Crippen molar-refractivity contribution in [3.63, 3.8) is 0 Å². The number of halogens is 1. The summed E-state index contributed by atoms with van der Waals surface area (Å²) in [6, 6.07) is 17.9. The van der Waals surface area contributed by atoms with E-state index >= 15 is 0 Å². The maximum absolute atomic E-state index is 12.8. The van der Waals surface area contributed by atoms with Gasteiger partial charge in [-0.25, -0.2) is 4.90 Å². The topological polar surface area (TPSA) is 75.7 Å². The molecule has 29 heavy (non-hydrogen) atoms. The maximum Gasteiger partial charge on any atom is 0.266 e. The highest BCUT2D eigenvalue weighted by Gasteiger charge is 2.37. The lowest BCUT2D eigenvalue weighted by Gasteiger charge is -2.13. The van der Waals surface area contributed by atoms with Crippen LogP contribution < -0.4 is 15.0 Å². The number of anilines is 2. The Morgan fingerprint density at radius 2 is 1.66 bits per heavy atom. The van der Waals surface area contributed by atoms with Gasteiger partial charge in [0.15, 0.2) is 0 Å². The van der Waals surface area contributed by atoms with Crippen molar-refractivity contribution in [3.8, 4) is 5.75 Å². The molecular weight excluding hydrogens is 392 g/mol. The largest absolute Gasteiger partial charge is 0.495 e. The predicted octanol–water partition coefficient (Wildman–Crippen LogP) is 4.40. The van der Waals surface area contributed by atoms with Gasteiger partial charge < -0.3 is 10.1 Å². The van der Waals surface area contributed by atoms with Crippen LogP contribution in [0.15, 0.2) is 66.7 Å². The number of imide groups is 1. The number of rotatable bonds is 4. The SMILES string of the molecule is COc1ccc(Cl)cc1NC(=O)c1ccc2c(c1)C(=O)N(c1ccccc1)C2=O. The third kappa shape index (κ3) is 3.34. The van der Waals surface area contributed by atoms with E-state index in [9.17, 15) is 14.4 Å². The first-order valence-electron chi connectivity index (χ1n) is 8.72. The molecule has 0 saturated carbocycles. The van der Waals surface area contributed by atoms with Crippen LogP contribution in [0.3, 0.4) is 0 Å². The second kappa shape index (κ2) is 7.41. The third-order valence-electron chi connectivity index (χ3n) is 4.57. The molecule has 1 heterocycles. The molecule has 3 aromatic rings. The average molecular weight is 407 g/mol. The standard InChI is InChI=1S/C22H15ClN2O4/c1-29-19-10-8-14(23)12-18(19)24-20(26)13-7-9-16-17(11-13)22(28)25(21(16)27)15-5-3-2-4-6-15/h2-12H,1H3,(H,24,26). The molecule has 0 spiro atoms. The molecule has 0 aromatic heterocycles. The summed E-state index contributed by atoms with van der Waals surface area (Å²) in [5, 5.41) is 3.16. The van der Waals surface area contributed by atoms with Crippen molar-refractivity contribution in [2.75, 3.05) is 17.3 Å². The number of carbonyl (C=O) groups is 3. The number of methoxy groups -OCH3 is 1. The normalized spacial score (nSPS) is 12.7. The number of nitrogens with one attached hydrogen (secondary N) is 1. The zero-order chi connectivity index (χ0) is 20.5. The van der Waals surface area contributed by atoms with Crippen LogP contribution in [0.4, 0.5) is 11.4 Å². The fourth-order valence-electron chi connectivity index (χ4n) is 3.17. The predicted molar refractivity (Wildman–Crippen MR) is 110 cm³/mol. The Hall–Kier alpha value is -3.64. The number of ether oxygens (including phenoxy) is 1. The molecule has 1 N–H and O–H groups in total. The first kappa shape index (κ1) is 18.7. The molecule has 144 valence electrons. The lowest BCUT2D eigenvalue weighted by molar-refractivity contribution is 0.0925. The zero-order valence-corrected chi connectivity index (χ0v) is 16.1. The van der Waals surface area contributed by atoms with Crippen LogP contribution in [-0.2, 0) is 0 Å². The van der Waals surface area contributed by atoms with Crippen molar-refractivity contribution in [1.29, 1.82) is 0 Å². The van der Waals surface area contributed by atoms with Crippen molar-refractivity contribution in [3.05, 3.63) is 88.4 Å². The number of benzene rings is 3. The molecule has 3 aromatic carbocycles. The number of para-hydroxylation sites is 1. The minimum Gasteiger partial charge on any atom is -0.495 e. The summed E-state index contributed by atoms with van der Waals surface area (Å²) in [5.41, 5.74) is 1.56. The van der Waals surface area contributed by atoms with Gasteiger partial charge in [-0.2, -0.15) is 0 Å². The van der Waals surface area contributed by atoms with Crippen LogP contribution in [0.2, 0.25) is 5.02 Å². The van der Waals surface area contributed by atoms with Gasteiger partial charge >= 0.3 is 0 Å². The van der Waals surface area contributed by atoms with E-state index in [2.05, 4.69) is 5.32 Å². The summed E-state index contributed by atoms with van der Waals surface area (Å²) in [5.74, 6) is -0.886. The van der Waals surface area contributed by atoms with E-state index in [0.29, 0.717) is 22.1 Å². The van der Waals surface area contributed by atoms with E-state index < -0.39 is 17.7 Å². The van der Waals surface area contributed by atoms with Crippen molar-refractivity contribution in [1.82, 2.24) is 0 Å². The van der Waals surface area contributed by atoms with Gasteiger partial charge in [0, 0.05) is 10.6 Å². The van der Waals surface area contributed by atoms with Crippen LogP contribution in [0, 0.1) is 0 Å². The van der Waals surface area contributed by atoms with Gasteiger partial charge in [-0.3, -0.25) is 14.4 Å². The maximum atomic E-state index is 12.8. The van der Waals surface area contributed by atoms with E-state index in [1.807, 2.05) is 0 Å². The Bertz CT molecular complexity index is 1140. The Morgan fingerprint density at radius 3 is 2.38 bits per heavy atom. The molecular formula is C22H15ClN2O4. The Morgan fingerprint density at radius 1 is 0.931 bits per heavy atom. The summed E-state index contributed by atoms with van der Waals surface area (Å²) in [6.45, 7) is 0. The number of fused-ring (bicyclic) bond motifs is 1. The quantitative estimate of drug-likeness (QED) is 0.651. The summed E-state index contributed by atoms with van der Waals surface area (Å²) in [4.78, 5) is 39.3. The highest BCUT2D eigenvalue weighted by atomic mass is 35.5. The van der Waals surface area contributed by atoms with Gasteiger partial charge in [-0.1, -0.05) is 29.8 Å². The molecule has 0 bridgehead atoms. The van der Waals surface area contributed by atoms with Crippen LogP contribution in [0.1, 0.15) is 31.1 Å². The minimum atomic E-state index is -0.466. The first-order chi connectivity index (χ1) is 14.0. The highest BCUT2D eigenvalue weighted by molar-refractivity contribution is 6.35. The van der Waals surface area contributed by atoms with Crippen LogP contribution >= 0.6 is 11.6 Å². The van der Waals surface area contributed by atoms with Gasteiger partial charge in [-0.15, -0.1) is 0 Å². The van der Waals surface area contributed by atoms with E-state index in [0.717, 1.165) is 4.90 Å². The highest BCUT2D eigenvalue weighted by Crippen LogP contribution is 2.31. The van der Waals surface area contributed by atoms with E-state index in [-0.39, 0.29) is 16.7 Å². The monoisotopic (exact) mass is 406 g/mol. The zero-order valence-electron chi connectivity index (χ0n) is 15.3. The number of amides is 3. The van der Waals surface area contributed by atoms with Crippen molar-refractivity contribution < 1.29 is 19.1 Å². The Kier molecular flexibility index (Phi) is 4.78. The smallest absolute Gasteiger partial charge is 0.266 e. The minimum absolute atomic E-state index is 0.185. The molecule has 1 aliphatic rings. The summed E-state index contributed by atoms with van der Waals surface area (Å²) in [6.07, 6.45) is 0. The molecule has 0 atom stereocenters. The van der Waals surface area contributed by atoms with Gasteiger partial charge in [0.2, 0.25) is 0 Å². The van der Waals surface area contributed by atoms with Crippen molar-refractivity contribution >= 4 is 40.7 Å². The Labute approximate surface area is 171 Å². The average Bonchev–Trinajstić information content (AvgIpc) is 2.98. The van der Waals surface area contributed by atoms with Crippen LogP contribution in [-0.4, -0.2) is 24.8 Å². The second-order valence-electron chi connectivity index (χ2n) is 6.34. The van der Waals surface area contributed by atoms with Crippen LogP contribution in [0.5, 0.6) is 5.75 Å². The second-order valence-corrected chi connectivity index (χ2v) is 6.78. The molecule has 0 aliphatic carbocycles. The van der Waals surface area contributed by atoms with E-state index in [1.54, 1.807) is 48.5 Å². The number of carbonyl (C=O) groups excluding carboxylic acids is 3. The fourth-order valence-corrected chi connectivity index (χ4v) is 3.34. The fraction of sp³-hybridized carbons (Fsp3) is 0.0455. The van der Waals surface area contributed by atoms with Gasteiger partial charge in [0.05, 0.1) is 29.6 Å². The molecule has 0 saturated heterocycles. The molecule has 0 fully saturated rings. The summed E-state index contributed by atoms with van der Waals surface area (Å²) in [7, 11) is 1.48. The molecule has 0 unspecified atom stereocenters. The van der Waals surface area contributed by atoms with E-state index in [1.165, 1.54) is 25.3 Å².